The number of pyridine rings is 1. The second kappa shape index (κ2) is 4.57. The van der Waals surface area contributed by atoms with Crippen LogP contribution in [0.1, 0.15) is 17.9 Å². The summed E-state index contributed by atoms with van der Waals surface area (Å²) in [5.74, 6) is -1.24. The molecule has 0 aromatic carbocycles. The van der Waals surface area contributed by atoms with Crippen LogP contribution < -0.4 is 0 Å². The summed E-state index contributed by atoms with van der Waals surface area (Å²) in [7, 11) is 0. The standard InChI is InChI=1S/C9H11NO3/c11-6-8(5-9(12)13)7-1-3-10-4-2-7/h1-4,8,11H,5-6H2,(H,12,13). The molecule has 0 fully saturated rings. The second-order valence-electron chi connectivity index (χ2n) is 2.76. The van der Waals surface area contributed by atoms with Gasteiger partial charge in [0.05, 0.1) is 13.0 Å². The molecule has 70 valence electrons. The molecule has 4 nitrogen and oxygen atoms in total. The van der Waals surface area contributed by atoms with E-state index in [0.717, 1.165) is 5.56 Å². The molecule has 0 radical (unpaired) electrons. The fourth-order valence-electron chi connectivity index (χ4n) is 1.13. The number of aliphatic carboxylic acids is 1. The van der Waals surface area contributed by atoms with Crippen molar-refractivity contribution in [3.63, 3.8) is 0 Å². The lowest BCUT2D eigenvalue weighted by molar-refractivity contribution is -0.137. The zero-order valence-corrected chi connectivity index (χ0v) is 7.05. The van der Waals surface area contributed by atoms with Crippen molar-refractivity contribution in [2.24, 2.45) is 0 Å². The van der Waals surface area contributed by atoms with Gasteiger partial charge in [-0.3, -0.25) is 9.78 Å². The zero-order chi connectivity index (χ0) is 9.68. The summed E-state index contributed by atoms with van der Waals surface area (Å²) in [6, 6.07) is 3.42. The van der Waals surface area contributed by atoms with Crippen LogP contribution in [0.5, 0.6) is 0 Å². The number of rotatable bonds is 4. The average Bonchev–Trinajstić information content (AvgIpc) is 2.15. The van der Waals surface area contributed by atoms with Gasteiger partial charge in [-0.1, -0.05) is 0 Å². The van der Waals surface area contributed by atoms with Crippen molar-refractivity contribution in [2.45, 2.75) is 12.3 Å². The van der Waals surface area contributed by atoms with Crippen molar-refractivity contribution < 1.29 is 15.0 Å². The van der Waals surface area contributed by atoms with Gasteiger partial charge in [0, 0.05) is 18.3 Å². The predicted molar refractivity (Wildman–Crippen MR) is 46.3 cm³/mol. The summed E-state index contributed by atoms with van der Waals surface area (Å²) >= 11 is 0. The number of aliphatic hydroxyl groups is 1. The van der Waals surface area contributed by atoms with Crippen LogP contribution in [-0.2, 0) is 4.79 Å². The van der Waals surface area contributed by atoms with E-state index in [2.05, 4.69) is 4.98 Å². The Hall–Kier alpha value is -1.42. The first-order valence-electron chi connectivity index (χ1n) is 3.96. The summed E-state index contributed by atoms with van der Waals surface area (Å²) in [6.45, 7) is -0.156. The van der Waals surface area contributed by atoms with E-state index in [9.17, 15) is 4.79 Å². The second-order valence-corrected chi connectivity index (χ2v) is 2.76. The van der Waals surface area contributed by atoms with Gasteiger partial charge >= 0.3 is 5.97 Å². The monoisotopic (exact) mass is 181 g/mol. The minimum absolute atomic E-state index is 0.0550. The van der Waals surface area contributed by atoms with Gasteiger partial charge in [0.15, 0.2) is 0 Å². The smallest absolute Gasteiger partial charge is 0.304 e. The quantitative estimate of drug-likeness (QED) is 0.714. The van der Waals surface area contributed by atoms with Crippen LogP contribution in [0, 0.1) is 0 Å². The number of nitrogens with zero attached hydrogens (tertiary/aromatic N) is 1. The van der Waals surface area contributed by atoms with Gasteiger partial charge in [-0.15, -0.1) is 0 Å². The van der Waals surface area contributed by atoms with Gasteiger partial charge in [-0.25, -0.2) is 0 Å². The molecule has 0 saturated heterocycles. The minimum atomic E-state index is -0.907. The molecule has 0 aliphatic carbocycles. The Balaban J connectivity index is 2.73. The van der Waals surface area contributed by atoms with Gasteiger partial charge in [0.1, 0.15) is 0 Å². The Morgan fingerprint density at radius 3 is 2.54 bits per heavy atom. The van der Waals surface area contributed by atoms with E-state index in [1.165, 1.54) is 0 Å². The highest BCUT2D eigenvalue weighted by molar-refractivity contribution is 5.68. The third kappa shape index (κ3) is 2.83. The highest BCUT2D eigenvalue weighted by Crippen LogP contribution is 2.17. The van der Waals surface area contributed by atoms with Crippen molar-refractivity contribution in [1.29, 1.82) is 0 Å². The molecule has 2 N–H and O–H groups in total. The molecule has 0 saturated carbocycles. The van der Waals surface area contributed by atoms with Gasteiger partial charge in [-0.2, -0.15) is 0 Å². The Morgan fingerprint density at radius 2 is 2.08 bits per heavy atom. The van der Waals surface area contributed by atoms with Gasteiger partial charge in [0.25, 0.3) is 0 Å². The van der Waals surface area contributed by atoms with E-state index in [0.29, 0.717) is 0 Å². The van der Waals surface area contributed by atoms with E-state index in [1.807, 2.05) is 0 Å². The van der Waals surface area contributed by atoms with E-state index < -0.39 is 5.97 Å². The van der Waals surface area contributed by atoms with Crippen LogP contribution in [0.25, 0.3) is 0 Å². The largest absolute Gasteiger partial charge is 0.481 e. The molecule has 13 heavy (non-hydrogen) atoms. The number of aromatic nitrogens is 1. The Bertz CT molecular complexity index is 273. The summed E-state index contributed by atoms with van der Waals surface area (Å²) < 4.78 is 0. The normalized spacial score (nSPS) is 12.4. The molecule has 1 aromatic heterocycles. The molecule has 4 heteroatoms. The lowest BCUT2D eigenvalue weighted by Gasteiger charge is -2.10. The molecule has 0 aliphatic rings. The third-order valence-electron chi connectivity index (χ3n) is 1.82. The minimum Gasteiger partial charge on any atom is -0.481 e. The molecule has 1 unspecified atom stereocenters. The lowest BCUT2D eigenvalue weighted by Crippen LogP contribution is -2.10. The van der Waals surface area contributed by atoms with E-state index in [-0.39, 0.29) is 18.9 Å². The number of hydrogen-bond acceptors (Lipinski definition) is 3. The molecule has 0 amide bonds. The predicted octanol–water partition coefficient (Wildman–Crippen LogP) is 0.632. The van der Waals surface area contributed by atoms with Crippen LogP contribution in [0.3, 0.4) is 0 Å². The van der Waals surface area contributed by atoms with Gasteiger partial charge in [0.2, 0.25) is 0 Å². The van der Waals surface area contributed by atoms with E-state index in [4.69, 9.17) is 10.2 Å². The first kappa shape index (κ1) is 9.67. The zero-order valence-electron chi connectivity index (χ0n) is 7.05. The van der Waals surface area contributed by atoms with Crippen molar-refractivity contribution in [1.82, 2.24) is 4.98 Å². The van der Waals surface area contributed by atoms with Crippen molar-refractivity contribution in [3.05, 3.63) is 30.1 Å². The van der Waals surface area contributed by atoms with Crippen molar-refractivity contribution >= 4 is 5.97 Å². The topological polar surface area (TPSA) is 70.4 Å². The fourth-order valence-corrected chi connectivity index (χ4v) is 1.13. The molecular weight excluding hydrogens is 170 g/mol. The maximum Gasteiger partial charge on any atom is 0.304 e. The van der Waals surface area contributed by atoms with Crippen LogP contribution in [0.2, 0.25) is 0 Å². The van der Waals surface area contributed by atoms with Crippen molar-refractivity contribution in [2.75, 3.05) is 6.61 Å². The highest BCUT2D eigenvalue weighted by atomic mass is 16.4. The van der Waals surface area contributed by atoms with Crippen LogP contribution >= 0.6 is 0 Å². The first-order chi connectivity index (χ1) is 6.24. The van der Waals surface area contributed by atoms with Gasteiger partial charge < -0.3 is 10.2 Å². The van der Waals surface area contributed by atoms with E-state index in [1.54, 1.807) is 24.5 Å². The highest BCUT2D eigenvalue weighted by Gasteiger charge is 2.13. The fraction of sp³-hybridized carbons (Fsp3) is 0.333. The Labute approximate surface area is 75.9 Å². The van der Waals surface area contributed by atoms with E-state index >= 15 is 0 Å². The number of hydrogen-bond donors (Lipinski definition) is 2. The molecular formula is C9H11NO3. The van der Waals surface area contributed by atoms with Gasteiger partial charge in [-0.05, 0) is 17.7 Å². The Kier molecular flexibility index (Phi) is 3.40. The molecule has 0 bridgehead atoms. The summed E-state index contributed by atoms with van der Waals surface area (Å²) in [4.78, 5) is 14.2. The maximum atomic E-state index is 10.4. The summed E-state index contributed by atoms with van der Waals surface area (Å²) in [6.07, 6.45) is 3.11. The lowest BCUT2D eigenvalue weighted by atomic mass is 9.98. The Morgan fingerprint density at radius 1 is 1.46 bits per heavy atom. The SMILES string of the molecule is O=C(O)CC(CO)c1ccncc1. The van der Waals surface area contributed by atoms with Crippen LogP contribution in [0.4, 0.5) is 0 Å². The average molecular weight is 181 g/mol. The molecule has 1 aromatic rings. The third-order valence-corrected chi connectivity index (χ3v) is 1.82. The molecule has 1 rings (SSSR count). The summed E-state index contributed by atoms with van der Waals surface area (Å²) in [5, 5.41) is 17.5. The maximum absolute atomic E-state index is 10.4. The number of carboxylic acids is 1. The number of carbonyl (C=O) groups is 1. The number of carboxylic acid groups (broad SMARTS) is 1. The first-order valence-corrected chi connectivity index (χ1v) is 3.96. The van der Waals surface area contributed by atoms with Crippen LogP contribution in [-0.4, -0.2) is 27.8 Å². The van der Waals surface area contributed by atoms with Crippen LogP contribution in [0.15, 0.2) is 24.5 Å². The number of aliphatic hydroxyl groups excluding tert-OH is 1. The summed E-state index contributed by atoms with van der Waals surface area (Å²) in [5.41, 5.74) is 0.805. The molecule has 0 aliphatic heterocycles. The van der Waals surface area contributed by atoms with Crippen molar-refractivity contribution in [3.8, 4) is 0 Å². The molecule has 1 atom stereocenters. The molecule has 1 heterocycles. The molecule has 0 spiro atoms.